The summed E-state index contributed by atoms with van der Waals surface area (Å²) in [6, 6.07) is 6.11. The van der Waals surface area contributed by atoms with Crippen molar-refractivity contribution in [3.63, 3.8) is 0 Å². The van der Waals surface area contributed by atoms with Gasteiger partial charge < -0.3 is 5.32 Å². The van der Waals surface area contributed by atoms with Crippen LogP contribution < -0.4 is 10.0 Å². The van der Waals surface area contributed by atoms with Crippen LogP contribution in [0.2, 0.25) is 0 Å². The van der Waals surface area contributed by atoms with Gasteiger partial charge in [0.25, 0.3) is 0 Å². The molecule has 0 radical (unpaired) electrons. The first kappa shape index (κ1) is 13.7. The Balaban J connectivity index is 1.90. The van der Waals surface area contributed by atoms with E-state index in [2.05, 4.69) is 21.1 Å². The van der Waals surface area contributed by atoms with Crippen molar-refractivity contribution >= 4 is 33.3 Å². The third kappa shape index (κ3) is 2.62. The molecule has 0 spiro atoms. The first-order valence-electron chi connectivity index (χ1n) is 6.62. The highest BCUT2D eigenvalue weighted by Gasteiger charge is 2.28. The van der Waals surface area contributed by atoms with Crippen LogP contribution in [0.5, 0.6) is 0 Å². The predicted octanol–water partition coefficient (Wildman–Crippen LogP) is 2.00. The van der Waals surface area contributed by atoms with Gasteiger partial charge in [-0.1, -0.05) is 12.1 Å². The summed E-state index contributed by atoms with van der Waals surface area (Å²) >= 11 is 5.49. The van der Waals surface area contributed by atoms with Crippen LogP contribution in [-0.4, -0.2) is 26.0 Å². The third-order valence-electron chi connectivity index (χ3n) is 3.59. The number of aliphatic imine (C=N–C) groups is 1. The van der Waals surface area contributed by atoms with Crippen molar-refractivity contribution < 1.29 is 8.42 Å². The number of halogens is 1. The molecule has 0 bridgehead atoms. The van der Waals surface area contributed by atoms with E-state index in [-0.39, 0.29) is 17.7 Å². The lowest BCUT2D eigenvalue weighted by atomic mass is 9.86. The van der Waals surface area contributed by atoms with Crippen LogP contribution >= 0.6 is 11.6 Å². The van der Waals surface area contributed by atoms with Gasteiger partial charge in [-0.05, 0) is 30.9 Å². The lowest BCUT2D eigenvalue weighted by Gasteiger charge is -2.30. The highest BCUT2D eigenvalue weighted by Crippen LogP contribution is 2.39. The Labute approximate surface area is 123 Å². The second kappa shape index (κ2) is 5.26. The zero-order chi connectivity index (χ0) is 14.2. The van der Waals surface area contributed by atoms with Gasteiger partial charge in [-0.15, -0.1) is 11.6 Å². The van der Waals surface area contributed by atoms with E-state index in [1.807, 2.05) is 12.1 Å². The van der Waals surface area contributed by atoms with Crippen LogP contribution in [0, 0.1) is 0 Å². The number of aryl methyl sites for hydroxylation is 1. The molecule has 1 aliphatic heterocycles. The van der Waals surface area contributed by atoms with Crippen LogP contribution in [0.1, 0.15) is 30.0 Å². The lowest BCUT2D eigenvalue weighted by molar-refractivity contribution is 0.567. The summed E-state index contributed by atoms with van der Waals surface area (Å²) in [5, 5.41) is 3.07. The standard InChI is InChI=1S/C13H16ClN3O2S/c14-7-8-20(18,19)17-13-15-10-5-1-3-9-4-2-6-11(16-13)12(9)10/h1,3,5,11H,2,4,6-8H2,(H2,15,16,17). The topological polar surface area (TPSA) is 70.6 Å². The summed E-state index contributed by atoms with van der Waals surface area (Å²) in [5.41, 5.74) is 3.46. The minimum atomic E-state index is -3.43. The molecule has 1 unspecified atom stereocenters. The molecule has 1 aromatic rings. The Bertz CT molecular complexity index is 658. The van der Waals surface area contributed by atoms with Gasteiger partial charge in [0.2, 0.25) is 16.0 Å². The number of nitrogens with one attached hydrogen (secondary N) is 2. The number of anilines is 1. The minimum absolute atomic E-state index is 0.0462. The summed E-state index contributed by atoms with van der Waals surface area (Å²) in [6.07, 6.45) is 3.09. The summed E-state index contributed by atoms with van der Waals surface area (Å²) in [6.45, 7) is 0. The number of sulfonamides is 1. The molecule has 2 N–H and O–H groups in total. The molecule has 1 atom stereocenters. The van der Waals surface area contributed by atoms with Gasteiger partial charge in [0.05, 0.1) is 11.8 Å². The van der Waals surface area contributed by atoms with Crippen molar-refractivity contribution in [3.05, 3.63) is 29.3 Å². The monoisotopic (exact) mass is 313 g/mol. The molecule has 108 valence electrons. The first-order chi connectivity index (χ1) is 9.59. The molecule has 0 aromatic heterocycles. The SMILES string of the molecule is O=S(=O)(CCCl)NC1=NC2CCCc3cccc(c32)N1. The number of hydrogen-bond donors (Lipinski definition) is 2. The van der Waals surface area contributed by atoms with E-state index in [0.717, 1.165) is 24.9 Å². The van der Waals surface area contributed by atoms with Gasteiger partial charge >= 0.3 is 0 Å². The Morgan fingerprint density at radius 2 is 2.30 bits per heavy atom. The summed E-state index contributed by atoms with van der Waals surface area (Å²) < 4.78 is 26.0. The molecule has 0 saturated heterocycles. The zero-order valence-electron chi connectivity index (χ0n) is 10.9. The minimum Gasteiger partial charge on any atom is -0.325 e. The highest BCUT2D eigenvalue weighted by molar-refractivity contribution is 7.90. The molecule has 3 rings (SSSR count). The maximum atomic E-state index is 11.8. The van der Waals surface area contributed by atoms with Crippen molar-refractivity contribution in [2.24, 2.45) is 4.99 Å². The van der Waals surface area contributed by atoms with Gasteiger partial charge in [-0.2, -0.15) is 0 Å². The van der Waals surface area contributed by atoms with Crippen molar-refractivity contribution in [1.29, 1.82) is 0 Å². The fourth-order valence-corrected chi connectivity index (χ4v) is 4.07. The molecule has 0 saturated carbocycles. The Hall–Kier alpha value is -1.27. The van der Waals surface area contributed by atoms with Gasteiger partial charge in [0, 0.05) is 17.1 Å². The zero-order valence-corrected chi connectivity index (χ0v) is 12.5. The number of hydrogen-bond acceptors (Lipinski definition) is 4. The fourth-order valence-electron chi connectivity index (χ4n) is 2.76. The molecule has 1 aliphatic carbocycles. The summed E-state index contributed by atoms with van der Waals surface area (Å²) in [7, 11) is -3.43. The van der Waals surface area contributed by atoms with Crippen LogP contribution in [0.25, 0.3) is 0 Å². The van der Waals surface area contributed by atoms with Crippen LogP contribution in [0.3, 0.4) is 0 Å². The normalized spacial score (nSPS) is 20.6. The number of nitrogens with zero attached hydrogens (tertiary/aromatic N) is 1. The molecule has 1 aromatic carbocycles. The number of rotatable bonds is 3. The van der Waals surface area contributed by atoms with E-state index >= 15 is 0 Å². The van der Waals surface area contributed by atoms with E-state index in [9.17, 15) is 8.42 Å². The smallest absolute Gasteiger partial charge is 0.236 e. The van der Waals surface area contributed by atoms with Gasteiger partial charge in [0.1, 0.15) is 0 Å². The molecular weight excluding hydrogens is 298 g/mol. The Morgan fingerprint density at radius 1 is 1.45 bits per heavy atom. The largest absolute Gasteiger partial charge is 0.325 e. The highest BCUT2D eigenvalue weighted by atomic mass is 35.5. The maximum Gasteiger partial charge on any atom is 0.236 e. The van der Waals surface area contributed by atoms with Gasteiger partial charge in [0.15, 0.2) is 0 Å². The molecule has 7 heteroatoms. The van der Waals surface area contributed by atoms with Crippen LogP contribution in [-0.2, 0) is 16.4 Å². The number of guanidine groups is 1. The van der Waals surface area contributed by atoms with Gasteiger partial charge in [-0.3, -0.25) is 4.72 Å². The average Bonchev–Trinajstić information content (AvgIpc) is 2.38. The summed E-state index contributed by atoms with van der Waals surface area (Å²) in [4.78, 5) is 4.49. The molecular formula is C13H16ClN3O2S. The molecule has 2 aliphatic rings. The lowest BCUT2D eigenvalue weighted by Crippen LogP contribution is -2.40. The van der Waals surface area contributed by atoms with E-state index in [4.69, 9.17) is 11.6 Å². The second-order valence-corrected chi connectivity index (χ2v) is 7.22. The Kier molecular flexibility index (Phi) is 3.60. The first-order valence-corrected chi connectivity index (χ1v) is 8.81. The molecule has 20 heavy (non-hydrogen) atoms. The van der Waals surface area contributed by atoms with Crippen molar-refractivity contribution in [2.45, 2.75) is 25.3 Å². The molecule has 0 fully saturated rings. The molecule has 0 amide bonds. The van der Waals surface area contributed by atoms with Crippen molar-refractivity contribution in [3.8, 4) is 0 Å². The second-order valence-electron chi connectivity index (χ2n) is 5.00. The number of alkyl halides is 1. The fraction of sp³-hybridized carbons (Fsp3) is 0.462. The summed E-state index contributed by atoms with van der Waals surface area (Å²) in [5.74, 6) is 0.242. The van der Waals surface area contributed by atoms with E-state index in [0.29, 0.717) is 5.96 Å². The predicted molar refractivity (Wildman–Crippen MR) is 80.8 cm³/mol. The maximum absolute atomic E-state index is 11.8. The third-order valence-corrected chi connectivity index (χ3v) is 5.25. The molecule has 1 heterocycles. The van der Waals surface area contributed by atoms with E-state index < -0.39 is 10.0 Å². The van der Waals surface area contributed by atoms with Crippen LogP contribution in [0.4, 0.5) is 5.69 Å². The Morgan fingerprint density at radius 3 is 3.10 bits per heavy atom. The van der Waals surface area contributed by atoms with E-state index in [1.54, 1.807) is 0 Å². The number of benzene rings is 1. The average molecular weight is 314 g/mol. The van der Waals surface area contributed by atoms with Crippen molar-refractivity contribution in [1.82, 2.24) is 4.72 Å². The van der Waals surface area contributed by atoms with Crippen LogP contribution in [0.15, 0.2) is 23.2 Å². The van der Waals surface area contributed by atoms with Gasteiger partial charge in [-0.25, -0.2) is 13.4 Å². The van der Waals surface area contributed by atoms with E-state index in [1.165, 1.54) is 11.1 Å². The van der Waals surface area contributed by atoms with Crippen molar-refractivity contribution in [2.75, 3.05) is 16.9 Å². The quantitative estimate of drug-likeness (QED) is 0.839. The molecule has 5 nitrogen and oxygen atoms in total.